The van der Waals surface area contributed by atoms with E-state index < -0.39 is 8.80 Å². The van der Waals surface area contributed by atoms with Crippen LogP contribution in [0.2, 0.25) is 6.04 Å². The first kappa shape index (κ1) is 17.6. The number of rotatable bonds is 12. The molecule has 18 heavy (non-hydrogen) atoms. The van der Waals surface area contributed by atoms with Crippen molar-refractivity contribution in [2.24, 2.45) is 0 Å². The first-order valence-corrected chi connectivity index (χ1v) is 8.92. The smallest absolute Gasteiger partial charge is 0.374 e. The number of hydrogen-bond acceptors (Lipinski definition) is 3. The van der Waals surface area contributed by atoms with Crippen molar-refractivity contribution in [2.75, 3.05) is 26.4 Å². The van der Waals surface area contributed by atoms with Gasteiger partial charge in [0.15, 0.2) is 0 Å². The molecule has 0 saturated carbocycles. The Morgan fingerprint density at radius 1 is 0.833 bits per heavy atom. The van der Waals surface area contributed by atoms with Gasteiger partial charge in [-0.3, -0.25) is 0 Å². The second kappa shape index (κ2) is 11.7. The molecule has 0 aliphatic carbocycles. The standard InChI is InChI=1S/C13H27NO3Si/c1-5-15-18(16-6-2,17-7-3)13-11-9-8-10-12-14-4/h5-13H2,1-3H3. The molecule has 0 saturated heterocycles. The van der Waals surface area contributed by atoms with Crippen LogP contribution in [-0.4, -0.2) is 35.2 Å². The van der Waals surface area contributed by atoms with E-state index in [1.54, 1.807) is 0 Å². The lowest BCUT2D eigenvalue weighted by atomic mass is 10.2. The number of nitrogens with zero attached hydrogens (tertiary/aromatic N) is 1. The third-order valence-corrected chi connectivity index (χ3v) is 5.75. The van der Waals surface area contributed by atoms with Crippen LogP contribution >= 0.6 is 0 Å². The van der Waals surface area contributed by atoms with Crippen LogP contribution in [0.25, 0.3) is 4.85 Å². The Morgan fingerprint density at radius 3 is 1.78 bits per heavy atom. The SMILES string of the molecule is [C-]#[N+]CCCCCC[Si](OCC)(OCC)OCC. The van der Waals surface area contributed by atoms with Gasteiger partial charge in [0.05, 0.1) is 0 Å². The Labute approximate surface area is 113 Å². The number of hydrogen-bond donors (Lipinski definition) is 0. The minimum Gasteiger partial charge on any atom is -0.374 e. The highest BCUT2D eigenvalue weighted by Gasteiger charge is 2.39. The highest BCUT2D eigenvalue weighted by Crippen LogP contribution is 2.20. The summed E-state index contributed by atoms with van der Waals surface area (Å²) in [5, 5.41) is 0. The van der Waals surface area contributed by atoms with E-state index in [1.807, 2.05) is 20.8 Å². The summed E-state index contributed by atoms with van der Waals surface area (Å²) in [6, 6.07) is 0.889. The monoisotopic (exact) mass is 273 g/mol. The van der Waals surface area contributed by atoms with E-state index in [1.165, 1.54) is 0 Å². The second-order valence-corrected chi connectivity index (χ2v) is 6.76. The van der Waals surface area contributed by atoms with E-state index in [-0.39, 0.29) is 0 Å². The first-order chi connectivity index (χ1) is 8.74. The Balaban J connectivity index is 4.01. The van der Waals surface area contributed by atoms with Gasteiger partial charge in [-0.15, -0.1) is 0 Å². The van der Waals surface area contributed by atoms with Crippen LogP contribution in [0.1, 0.15) is 46.5 Å². The first-order valence-electron chi connectivity index (χ1n) is 6.99. The van der Waals surface area contributed by atoms with Gasteiger partial charge in [-0.25, -0.2) is 6.57 Å². The molecular formula is C13H27NO3Si. The zero-order valence-corrected chi connectivity index (χ0v) is 13.0. The molecule has 0 aliphatic heterocycles. The molecule has 0 aromatic rings. The predicted molar refractivity (Wildman–Crippen MR) is 75.4 cm³/mol. The molecule has 0 atom stereocenters. The molecule has 0 aromatic heterocycles. The molecule has 0 amide bonds. The molecule has 0 radical (unpaired) electrons. The zero-order chi connectivity index (χ0) is 13.7. The van der Waals surface area contributed by atoms with Gasteiger partial charge in [-0.1, -0.05) is 6.42 Å². The van der Waals surface area contributed by atoms with Crippen LogP contribution in [0.4, 0.5) is 0 Å². The molecule has 5 heteroatoms. The Hall–Kier alpha value is -0.413. The van der Waals surface area contributed by atoms with Crippen molar-refractivity contribution in [1.29, 1.82) is 0 Å². The average Bonchev–Trinajstić information content (AvgIpc) is 2.35. The van der Waals surface area contributed by atoms with Crippen molar-refractivity contribution in [1.82, 2.24) is 0 Å². The molecule has 0 aliphatic rings. The highest BCUT2D eigenvalue weighted by atomic mass is 28.4. The molecule has 0 bridgehead atoms. The Morgan fingerprint density at radius 2 is 1.33 bits per heavy atom. The minimum absolute atomic E-state index is 0.643. The third-order valence-electron chi connectivity index (χ3n) is 2.60. The lowest BCUT2D eigenvalue weighted by Gasteiger charge is -2.28. The van der Waals surface area contributed by atoms with Gasteiger partial charge >= 0.3 is 8.80 Å². The minimum atomic E-state index is -2.42. The van der Waals surface area contributed by atoms with Gasteiger partial charge in [-0.05, 0) is 33.6 Å². The summed E-state index contributed by atoms with van der Waals surface area (Å²) in [4.78, 5) is 3.35. The van der Waals surface area contributed by atoms with E-state index in [9.17, 15) is 0 Å². The lowest BCUT2D eigenvalue weighted by molar-refractivity contribution is 0.0706. The second-order valence-electron chi connectivity index (χ2n) is 4.03. The maximum Gasteiger partial charge on any atom is 0.500 e. The molecule has 4 nitrogen and oxygen atoms in total. The fraction of sp³-hybridized carbons (Fsp3) is 0.923. The molecule has 0 fully saturated rings. The number of unbranched alkanes of at least 4 members (excludes halogenated alkanes) is 3. The van der Waals surface area contributed by atoms with Crippen molar-refractivity contribution in [3.05, 3.63) is 11.4 Å². The van der Waals surface area contributed by atoms with Crippen molar-refractivity contribution in [3.8, 4) is 0 Å². The van der Waals surface area contributed by atoms with E-state index in [4.69, 9.17) is 19.9 Å². The molecule has 0 heterocycles. The molecule has 0 unspecified atom stereocenters. The quantitative estimate of drug-likeness (QED) is 0.310. The van der Waals surface area contributed by atoms with Gasteiger partial charge in [-0.2, -0.15) is 0 Å². The average molecular weight is 273 g/mol. The molecule has 0 spiro atoms. The van der Waals surface area contributed by atoms with Crippen LogP contribution < -0.4 is 0 Å². The maximum absolute atomic E-state index is 6.72. The summed E-state index contributed by atoms with van der Waals surface area (Å²) in [7, 11) is -2.42. The van der Waals surface area contributed by atoms with Crippen molar-refractivity contribution in [3.63, 3.8) is 0 Å². The highest BCUT2D eigenvalue weighted by molar-refractivity contribution is 6.60. The summed E-state index contributed by atoms with van der Waals surface area (Å²) in [6.45, 7) is 15.2. The van der Waals surface area contributed by atoms with Gasteiger partial charge in [0, 0.05) is 32.3 Å². The van der Waals surface area contributed by atoms with E-state index >= 15 is 0 Å². The van der Waals surface area contributed by atoms with Gasteiger partial charge < -0.3 is 18.1 Å². The molecule has 106 valence electrons. The van der Waals surface area contributed by atoms with Crippen LogP contribution in [-0.2, 0) is 13.3 Å². The summed E-state index contributed by atoms with van der Waals surface area (Å²) >= 11 is 0. The zero-order valence-electron chi connectivity index (χ0n) is 12.0. The summed E-state index contributed by atoms with van der Waals surface area (Å²) in [6.07, 6.45) is 4.29. The van der Waals surface area contributed by atoms with Crippen molar-refractivity contribution in [2.45, 2.75) is 52.5 Å². The molecule has 0 aromatic carbocycles. The van der Waals surface area contributed by atoms with Gasteiger partial charge in [0.2, 0.25) is 6.54 Å². The molecular weight excluding hydrogens is 246 g/mol. The van der Waals surface area contributed by atoms with E-state index in [0.29, 0.717) is 26.4 Å². The molecule has 0 N–H and O–H groups in total. The van der Waals surface area contributed by atoms with Crippen LogP contribution in [0.5, 0.6) is 0 Å². The summed E-state index contributed by atoms with van der Waals surface area (Å²) in [5.41, 5.74) is 0. The van der Waals surface area contributed by atoms with Gasteiger partial charge in [0.25, 0.3) is 0 Å². The maximum atomic E-state index is 6.72. The van der Waals surface area contributed by atoms with Crippen molar-refractivity contribution >= 4 is 8.80 Å². The van der Waals surface area contributed by atoms with E-state index in [0.717, 1.165) is 31.7 Å². The lowest BCUT2D eigenvalue weighted by Crippen LogP contribution is -2.45. The van der Waals surface area contributed by atoms with Crippen LogP contribution in [0.15, 0.2) is 0 Å². The fourth-order valence-corrected chi connectivity index (χ4v) is 4.57. The topological polar surface area (TPSA) is 32.0 Å². The fourth-order valence-electron chi connectivity index (χ4n) is 1.89. The predicted octanol–water partition coefficient (Wildman–Crippen LogP) is 3.51. The summed E-state index contributed by atoms with van der Waals surface area (Å²) in [5.74, 6) is 0. The van der Waals surface area contributed by atoms with Crippen LogP contribution in [0, 0.1) is 6.57 Å². The summed E-state index contributed by atoms with van der Waals surface area (Å²) < 4.78 is 17.4. The Bertz CT molecular complexity index is 214. The van der Waals surface area contributed by atoms with Crippen LogP contribution in [0.3, 0.4) is 0 Å². The molecule has 0 rings (SSSR count). The third kappa shape index (κ3) is 7.83. The largest absolute Gasteiger partial charge is 0.500 e. The van der Waals surface area contributed by atoms with Crippen molar-refractivity contribution < 1.29 is 13.3 Å². The van der Waals surface area contributed by atoms with Gasteiger partial charge in [0.1, 0.15) is 0 Å². The Kier molecular flexibility index (Phi) is 11.4. The van der Waals surface area contributed by atoms with E-state index in [2.05, 4.69) is 4.85 Å². The normalized spacial score (nSPS) is 11.4.